The topological polar surface area (TPSA) is 32.3 Å². The normalized spacial score (nSPS) is 17.0. The zero-order valence-corrected chi connectivity index (χ0v) is 13.7. The summed E-state index contributed by atoms with van der Waals surface area (Å²) < 4.78 is 0.934. The van der Waals surface area contributed by atoms with Gasteiger partial charge in [-0.15, -0.1) is 11.3 Å². The maximum Gasteiger partial charge on any atom is 0.187 e. The van der Waals surface area contributed by atoms with Gasteiger partial charge in [-0.1, -0.05) is 6.92 Å². The smallest absolute Gasteiger partial charge is 0.187 e. The zero-order chi connectivity index (χ0) is 13.7. The van der Waals surface area contributed by atoms with Crippen LogP contribution in [0.1, 0.15) is 35.9 Å². The summed E-state index contributed by atoms with van der Waals surface area (Å²) in [4.78, 5) is 15.6. The highest BCUT2D eigenvalue weighted by Gasteiger charge is 2.23. The van der Waals surface area contributed by atoms with E-state index in [1.165, 1.54) is 11.3 Å². The second-order valence-electron chi connectivity index (χ2n) is 4.97. The summed E-state index contributed by atoms with van der Waals surface area (Å²) in [5, 5.41) is 5.35. The molecule has 0 bridgehead atoms. The average molecular weight is 345 g/mol. The van der Waals surface area contributed by atoms with E-state index in [4.69, 9.17) is 0 Å². The van der Waals surface area contributed by atoms with Crippen LogP contribution in [0, 0.1) is 0 Å². The van der Waals surface area contributed by atoms with Gasteiger partial charge < -0.3 is 5.32 Å². The number of rotatable bonds is 6. The largest absolute Gasteiger partial charge is 0.317 e. The van der Waals surface area contributed by atoms with E-state index in [0.29, 0.717) is 12.6 Å². The van der Waals surface area contributed by atoms with E-state index >= 15 is 0 Å². The van der Waals surface area contributed by atoms with Crippen LogP contribution >= 0.6 is 27.3 Å². The van der Waals surface area contributed by atoms with Crippen molar-refractivity contribution >= 4 is 33.0 Å². The number of halogens is 1. The molecule has 2 rings (SSSR count). The van der Waals surface area contributed by atoms with Gasteiger partial charge in [0.1, 0.15) is 0 Å². The number of Topliss-reactive ketones (excluding diaryl/α,β-unsaturated/α-hetero) is 1. The summed E-state index contributed by atoms with van der Waals surface area (Å²) in [5.74, 6) is 0.244. The standard InChI is InChI=1S/C14H21BrN2OS/c1-2-8-17(11-3-6-16-7-4-11)10-13(18)14-12(15)5-9-19-14/h5,9,11,16H,2-4,6-8,10H2,1H3. The zero-order valence-electron chi connectivity index (χ0n) is 11.3. The van der Waals surface area contributed by atoms with Crippen LogP contribution in [0.2, 0.25) is 0 Å². The SMILES string of the molecule is CCCN(CC(=O)c1sccc1Br)C1CCNCC1. The Morgan fingerprint density at radius 1 is 1.53 bits per heavy atom. The van der Waals surface area contributed by atoms with Crippen molar-refractivity contribution in [3.05, 3.63) is 20.8 Å². The molecule has 2 heterocycles. The minimum Gasteiger partial charge on any atom is -0.317 e. The van der Waals surface area contributed by atoms with Gasteiger partial charge in [-0.25, -0.2) is 0 Å². The van der Waals surface area contributed by atoms with E-state index in [1.54, 1.807) is 0 Å². The first-order valence-electron chi connectivity index (χ1n) is 6.93. The molecule has 1 N–H and O–H groups in total. The van der Waals surface area contributed by atoms with Crippen molar-refractivity contribution in [3.8, 4) is 0 Å². The molecule has 0 atom stereocenters. The van der Waals surface area contributed by atoms with Crippen molar-refractivity contribution < 1.29 is 4.79 Å². The highest BCUT2D eigenvalue weighted by Crippen LogP contribution is 2.24. The molecule has 0 aromatic carbocycles. The Morgan fingerprint density at radius 3 is 2.84 bits per heavy atom. The first-order chi connectivity index (χ1) is 9.22. The summed E-state index contributed by atoms with van der Waals surface area (Å²) in [5.41, 5.74) is 0. The number of ketones is 1. The van der Waals surface area contributed by atoms with Crippen molar-refractivity contribution in [2.24, 2.45) is 0 Å². The van der Waals surface area contributed by atoms with Gasteiger partial charge in [0.15, 0.2) is 5.78 Å². The van der Waals surface area contributed by atoms with Crippen molar-refractivity contribution in [1.82, 2.24) is 10.2 Å². The number of hydrogen-bond acceptors (Lipinski definition) is 4. The molecule has 0 unspecified atom stereocenters. The number of hydrogen-bond donors (Lipinski definition) is 1. The Bertz CT molecular complexity index is 415. The van der Waals surface area contributed by atoms with E-state index in [-0.39, 0.29) is 5.78 Å². The van der Waals surface area contributed by atoms with Gasteiger partial charge >= 0.3 is 0 Å². The highest BCUT2D eigenvalue weighted by atomic mass is 79.9. The Morgan fingerprint density at radius 2 is 2.26 bits per heavy atom. The first-order valence-corrected chi connectivity index (χ1v) is 8.60. The maximum absolute atomic E-state index is 12.4. The van der Waals surface area contributed by atoms with Gasteiger partial charge in [0.25, 0.3) is 0 Å². The Labute approximate surface area is 127 Å². The van der Waals surface area contributed by atoms with Crippen LogP contribution in [0.3, 0.4) is 0 Å². The number of nitrogens with one attached hydrogen (secondary N) is 1. The van der Waals surface area contributed by atoms with E-state index in [0.717, 1.165) is 48.2 Å². The lowest BCUT2D eigenvalue weighted by molar-refractivity contribution is 0.0868. The predicted molar refractivity (Wildman–Crippen MR) is 84.1 cm³/mol. The Balaban J connectivity index is 1.99. The van der Waals surface area contributed by atoms with E-state index < -0.39 is 0 Å². The molecule has 1 saturated heterocycles. The molecule has 5 heteroatoms. The summed E-state index contributed by atoms with van der Waals surface area (Å²) in [6.45, 7) is 5.89. The van der Waals surface area contributed by atoms with Crippen LogP contribution < -0.4 is 5.32 Å². The molecule has 1 aromatic heterocycles. The fourth-order valence-electron chi connectivity index (χ4n) is 2.60. The molecule has 106 valence electrons. The Kier molecular flexibility index (Phi) is 6.01. The molecule has 1 aliphatic heterocycles. The quantitative estimate of drug-likeness (QED) is 0.804. The molecule has 0 aliphatic carbocycles. The molecule has 3 nitrogen and oxygen atoms in total. The fourth-order valence-corrected chi connectivity index (χ4v) is 4.12. The van der Waals surface area contributed by atoms with Crippen LogP contribution in [-0.4, -0.2) is 42.9 Å². The van der Waals surface area contributed by atoms with Gasteiger partial charge in [0.2, 0.25) is 0 Å². The average Bonchev–Trinajstić information content (AvgIpc) is 2.85. The molecule has 0 amide bonds. The van der Waals surface area contributed by atoms with Crippen molar-refractivity contribution in [1.29, 1.82) is 0 Å². The molecule has 0 radical (unpaired) electrons. The molecule has 0 saturated carbocycles. The monoisotopic (exact) mass is 344 g/mol. The van der Waals surface area contributed by atoms with Crippen LogP contribution in [-0.2, 0) is 0 Å². The number of nitrogens with zero attached hydrogens (tertiary/aromatic N) is 1. The molecule has 0 spiro atoms. The number of carbonyl (C=O) groups is 1. The molecular formula is C14H21BrN2OS. The summed E-state index contributed by atoms with van der Waals surface area (Å²) in [6, 6.07) is 2.51. The third-order valence-electron chi connectivity index (χ3n) is 3.55. The lowest BCUT2D eigenvalue weighted by atomic mass is 10.0. The Hall–Kier alpha value is -0.230. The van der Waals surface area contributed by atoms with Gasteiger partial charge in [-0.05, 0) is 66.3 Å². The molecule has 1 aliphatic rings. The minimum absolute atomic E-state index is 0.244. The van der Waals surface area contributed by atoms with Crippen LogP contribution in [0.5, 0.6) is 0 Å². The van der Waals surface area contributed by atoms with E-state index in [1.807, 2.05) is 11.4 Å². The van der Waals surface area contributed by atoms with E-state index in [9.17, 15) is 4.79 Å². The third kappa shape index (κ3) is 4.12. The number of carbonyl (C=O) groups excluding carboxylic acids is 1. The molecular weight excluding hydrogens is 324 g/mol. The van der Waals surface area contributed by atoms with Crippen molar-refractivity contribution in [3.63, 3.8) is 0 Å². The van der Waals surface area contributed by atoms with Gasteiger partial charge in [-0.3, -0.25) is 9.69 Å². The molecule has 19 heavy (non-hydrogen) atoms. The van der Waals surface area contributed by atoms with Crippen LogP contribution in [0.4, 0.5) is 0 Å². The molecule has 1 aromatic rings. The second kappa shape index (κ2) is 7.53. The second-order valence-corrected chi connectivity index (χ2v) is 6.74. The van der Waals surface area contributed by atoms with Gasteiger partial charge in [-0.2, -0.15) is 0 Å². The highest BCUT2D eigenvalue weighted by molar-refractivity contribution is 9.10. The van der Waals surface area contributed by atoms with Crippen LogP contribution in [0.15, 0.2) is 15.9 Å². The third-order valence-corrected chi connectivity index (χ3v) is 5.43. The van der Waals surface area contributed by atoms with Crippen molar-refractivity contribution in [2.75, 3.05) is 26.2 Å². The fraction of sp³-hybridized carbons (Fsp3) is 0.643. The number of thiophene rings is 1. The van der Waals surface area contributed by atoms with Crippen LogP contribution in [0.25, 0.3) is 0 Å². The summed E-state index contributed by atoms with van der Waals surface area (Å²) in [6.07, 6.45) is 3.40. The minimum atomic E-state index is 0.244. The lowest BCUT2D eigenvalue weighted by Crippen LogP contribution is -2.45. The van der Waals surface area contributed by atoms with E-state index in [2.05, 4.69) is 33.1 Å². The molecule has 1 fully saturated rings. The van der Waals surface area contributed by atoms with Gasteiger partial charge in [0.05, 0.1) is 11.4 Å². The lowest BCUT2D eigenvalue weighted by Gasteiger charge is -2.33. The first kappa shape index (κ1) is 15.2. The van der Waals surface area contributed by atoms with Crippen molar-refractivity contribution in [2.45, 2.75) is 32.2 Å². The predicted octanol–water partition coefficient (Wildman–Crippen LogP) is 3.16. The summed E-state index contributed by atoms with van der Waals surface area (Å²) >= 11 is 4.98. The van der Waals surface area contributed by atoms with Gasteiger partial charge in [0, 0.05) is 10.5 Å². The number of piperidine rings is 1. The summed E-state index contributed by atoms with van der Waals surface area (Å²) in [7, 11) is 0. The maximum atomic E-state index is 12.4.